The molecule has 4 heterocycles. The highest BCUT2D eigenvalue weighted by Gasteiger charge is 2.12. The molecule has 0 unspecified atom stereocenters. The second-order valence-corrected chi connectivity index (χ2v) is 5.05. The quantitative estimate of drug-likeness (QED) is 0.523. The van der Waals surface area contributed by atoms with E-state index in [2.05, 4.69) is 35.6 Å². The molecule has 0 aliphatic carbocycles. The third kappa shape index (κ3) is 2.85. The Kier molecular flexibility index (Phi) is 3.50. The van der Waals surface area contributed by atoms with Gasteiger partial charge in [-0.3, -0.25) is 14.6 Å². The van der Waals surface area contributed by atoms with Crippen molar-refractivity contribution >= 4 is 22.8 Å². The van der Waals surface area contributed by atoms with E-state index in [-0.39, 0.29) is 23.8 Å². The van der Waals surface area contributed by atoms with Gasteiger partial charge in [-0.05, 0) is 12.1 Å². The number of aromatic amines is 1. The van der Waals surface area contributed by atoms with Gasteiger partial charge in [0, 0.05) is 6.20 Å². The number of nitrogens with one attached hydrogen (secondary N) is 2. The number of H-pyrrole nitrogens is 1. The van der Waals surface area contributed by atoms with Crippen LogP contribution in [0.25, 0.3) is 16.7 Å². The minimum absolute atomic E-state index is 0.111. The van der Waals surface area contributed by atoms with E-state index >= 15 is 0 Å². The monoisotopic (exact) mass is 337 g/mol. The Balaban J connectivity index is 1.50. The lowest BCUT2D eigenvalue weighted by Crippen LogP contribution is -2.20. The van der Waals surface area contributed by atoms with E-state index in [0.29, 0.717) is 16.7 Å². The molecule has 1 amide bonds. The number of rotatable bonds is 4. The van der Waals surface area contributed by atoms with E-state index in [9.17, 15) is 9.59 Å². The van der Waals surface area contributed by atoms with E-state index < -0.39 is 0 Å². The smallest absolute Gasteiger partial charge is 0.261 e. The minimum atomic E-state index is -0.370. The lowest BCUT2D eigenvalue weighted by atomic mass is 10.4. The van der Waals surface area contributed by atoms with Crippen LogP contribution in [-0.4, -0.2) is 45.6 Å². The number of carbonyl (C=O) groups is 1. The molecule has 25 heavy (non-hydrogen) atoms. The number of hydrogen-bond acceptors (Lipinski definition) is 7. The van der Waals surface area contributed by atoms with Gasteiger partial charge in [0.2, 0.25) is 5.91 Å². The first kappa shape index (κ1) is 14.7. The zero-order valence-corrected chi connectivity index (χ0v) is 12.7. The van der Waals surface area contributed by atoms with Gasteiger partial charge in [0.25, 0.3) is 5.56 Å². The fourth-order valence-corrected chi connectivity index (χ4v) is 2.26. The standard InChI is InChI=1S/C14H11N9O2/c24-12(7-22-13-10(5-18-22)14(25)17-8-16-13)20-11-6-19-23(21-11)9-2-1-3-15-4-9/h1-6,8H,7H2,(H,16,17,25)(H,20,21,24). The molecule has 2 N–H and O–H groups in total. The SMILES string of the molecule is O=C(Cn1ncc2c(=O)[nH]cnc21)Nc1cnn(-c2cccnc2)n1. The molecule has 0 saturated carbocycles. The first-order valence-electron chi connectivity index (χ1n) is 7.22. The van der Waals surface area contributed by atoms with Gasteiger partial charge in [-0.25, -0.2) is 9.67 Å². The fourth-order valence-electron chi connectivity index (χ4n) is 2.26. The summed E-state index contributed by atoms with van der Waals surface area (Å²) in [5, 5.41) is 15.2. The predicted octanol–water partition coefficient (Wildman–Crippen LogP) is -0.266. The molecular weight excluding hydrogens is 326 g/mol. The van der Waals surface area contributed by atoms with Gasteiger partial charge >= 0.3 is 0 Å². The lowest BCUT2D eigenvalue weighted by Gasteiger charge is -2.03. The summed E-state index contributed by atoms with van der Waals surface area (Å²) in [4.78, 5) is 35.6. The van der Waals surface area contributed by atoms with E-state index in [4.69, 9.17) is 0 Å². The maximum atomic E-state index is 12.2. The van der Waals surface area contributed by atoms with Gasteiger partial charge in [-0.1, -0.05) is 0 Å². The lowest BCUT2D eigenvalue weighted by molar-refractivity contribution is -0.116. The molecule has 0 fully saturated rings. The van der Waals surface area contributed by atoms with Crippen LogP contribution in [0.1, 0.15) is 0 Å². The van der Waals surface area contributed by atoms with Crippen LogP contribution in [-0.2, 0) is 11.3 Å². The first-order valence-corrected chi connectivity index (χ1v) is 7.22. The largest absolute Gasteiger partial charge is 0.312 e. The maximum Gasteiger partial charge on any atom is 0.261 e. The van der Waals surface area contributed by atoms with E-state index in [0.717, 1.165) is 0 Å². The first-order chi connectivity index (χ1) is 12.2. The summed E-state index contributed by atoms with van der Waals surface area (Å²) < 4.78 is 1.34. The van der Waals surface area contributed by atoms with E-state index in [1.54, 1.807) is 24.5 Å². The number of hydrogen-bond donors (Lipinski definition) is 2. The number of nitrogens with zero attached hydrogens (tertiary/aromatic N) is 7. The van der Waals surface area contributed by atoms with Crippen molar-refractivity contribution < 1.29 is 4.79 Å². The van der Waals surface area contributed by atoms with Crippen molar-refractivity contribution in [2.24, 2.45) is 0 Å². The van der Waals surface area contributed by atoms with Crippen LogP contribution in [0.3, 0.4) is 0 Å². The summed E-state index contributed by atoms with van der Waals surface area (Å²) in [6.07, 6.45) is 7.30. The third-order valence-corrected chi connectivity index (χ3v) is 3.37. The Hall–Kier alpha value is -3.89. The Morgan fingerprint density at radius 1 is 1.24 bits per heavy atom. The molecule has 0 bridgehead atoms. The number of anilines is 1. The highest BCUT2D eigenvalue weighted by Crippen LogP contribution is 2.07. The van der Waals surface area contributed by atoms with Gasteiger partial charge in [-0.15, -0.1) is 9.90 Å². The van der Waals surface area contributed by atoms with Crippen molar-refractivity contribution in [1.29, 1.82) is 0 Å². The van der Waals surface area contributed by atoms with Crippen molar-refractivity contribution in [3.63, 3.8) is 0 Å². The zero-order chi connectivity index (χ0) is 17.2. The van der Waals surface area contributed by atoms with Crippen molar-refractivity contribution in [3.8, 4) is 5.69 Å². The van der Waals surface area contributed by atoms with Gasteiger partial charge < -0.3 is 10.3 Å². The summed E-state index contributed by atoms with van der Waals surface area (Å²) in [5.41, 5.74) is 0.693. The number of carbonyl (C=O) groups excluding carboxylic acids is 1. The fraction of sp³-hybridized carbons (Fsp3) is 0.0714. The summed E-state index contributed by atoms with van der Waals surface area (Å²) in [5.74, 6) is -0.0820. The highest BCUT2D eigenvalue weighted by molar-refractivity contribution is 5.90. The molecule has 4 aromatic heterocycles. The van der Waals surface area contributed by atoms with Crippen molar-refractivity contribution in [2.75, 3.05) is 5.32 Å². The summed E-state index contributed by atoms with van der Waals surface area (Å²) >= 11 is 0. The molecule has 124 valence electrons. The zero-order valence-electron chi connectivity index (χ0n) is 12.7. The van der Waals surface area contributed by atoms with Crippen LogP contribution in [0.15, 0.2) is 48.0 Å². The molecule has 4 rings (SSSR count). The van der Waals surface area contributed by atoms with Crippen LogP contribution in [0.4, 0.5) is 5.82 Å². The normalized spacial score (nSPS) is 10.9. The van der Waals surface area contributed by atoms with Crippen LogP contribution >= 0.6 is 0 Å². The van der Waals surface area contributed by atoms with Gasteiger partial charge in [0.1, 0.15) is 17.6 Å². The minimum Gasteiger partial charge on any atom is -0.312 e. The molecule has 0 spiro atoms. The molecule has 0 saturated heterocycles. The van der Waals surface area contributed by atoms with Crippen LogP contribution in [0, 0.1) is 0 Å². The Morgan fingerprint density at radius 2 is 2.16 bits per heavy atom. The molecular formula is C14H11N9O2. The molecule has 0 radical (unpaired) electrons. The number of aromatic nitrogens is 8. The molecule has 0 atom stereocenters. The Bertz CT molecular complexity index is 1100. The average Bonchev–Trinajstić information content (AvgIpc) is 3.24. The van der Waals surface area contributed by atoms with E-state index in [1.807, 2.05) is 0 Å². The Morgan fingerprint density at radius 3 is 3.00 bits per heavy atom. The van der Waals surface area contributed by atoms with Gasteiger partial charge in [0.05, 0.1) is 24.9 Å². The number of amides is 1. The molecule has 11 heteroatoms. The summed E-state index contributed by atoms with van der Waals surface area (Å²) in [6, 6.07) is 3.55. The second kappa shape index (κ2) is 5.96. The summed E-state index contributed by atoms with van der Waals surface area (Å²) in [7, 11) is 0. The Labute approximate surface area is 139 Å². The summed E-state index contributed by atoms with van der Waals surface area (Å²) in [6.45, 7) is -0.111. The van der Waals surface area contributed by atoms with Crippen molar-refractivity contribution in [2.45, 2.75) is 6.54 Å². The van der Waals surface area contributed by atoms with Crippen LogP contribution in [0.5, 0.6) is 0 Å². The molecule has 0 aromatic carbocycles. The highest BCUT2D eigenvalue weighted by atomic mass is 16.2. The van der Waals surface area contributed by atoms with Gasteiger partial charge in [0.15, 0.2) is 11.5 Å². The number of fused-ring (bicyclic) bond motifs is 1. The molecule has 0 aliphatic heterocycles. The number of pyridine rings is 1. The molecule has 11 nitrogen and oxygen atoms in total. The second-order valence-electron chi connectivity index (χ2n) is 5.05. The molecule has 4 aromatic rings. The average molecular weight is 337 g/mol. The van der Waals surface area contributed by atoms with Crippen molar-refractivity contribution in [3.05, 3.63) is 53.6 Å². The van der Waals surface area contributed by atoms with Crippen molar-refractivity contribution in [1.82, 2.24) is 39.7 Å². The molecule has 0 aliphatic rings. The third-order valence-electron chi connectivity index (χ3n) is 3.37. The topological polar surface area (TPSA) is 136 Å². The van der Waals surface area contributed by atoms with E-state index in [1.165, 1.54) is 28.2 Å². The van der Waals surface area contributed by atoms with Crippen LogP contribution in [0.2, 0.25) is 0 Å². The van der Waals surface area contributed by atoms with Crippen LogP contribution < -0.4 is 10.9 Å². The maximum absolute atomic E-state index is 12.2. The van der Waals surface area contributed by atoms with Gasteiger partial charge in [-0.2, -0.15) is 10.2 Å². The predicted molar refractivity (Wildman–Crippen MR) is 85.9 cm³/mol.